The lowest BCUT2D eigenvalue weighted by Crippen LogP contribution is -2.21. The molecule has 1 heterocycles. The van der Waals surface area contributed by atoms with Gasteiger partial charge in [0, 0.05) is 18.1 Å². The maximum absolute atomic E-state index is 12.4. The maximum Gasteiger partial charge on any atom is 0.340 e. The van der Waals surface area contributed by atoms with Gasteiger partial charge in [-0.2, -0.15) is 0 Å². The molecule has 0 radical (unpaired) electrons. The first-order valence-corrected chi connectivity index (χ1v) is 6.03. The highest BCUT2D eigenvalue weighted by molar-refractivity contribution is 6.30. The predicted octanol–water partition coefficient (Wildman–Crippen LogP) is 1.96. The summed E-state index contributed by atoms with van der Waals surface area (Å²) in [7, 11) is 0. The molecule has 0 fully saturated rings. The number of carbonyl (C=O) groups is 4. The number of hydrogen-bond acceptors (Lipinski definition) is 5. The lowest BCUT2D eigenvalue weighted by Gasteiger charge is -2.12. The average Bonchev–Trinajstić information content (AvgIpc) is 2.86. The van der Waals surface area contributed by atoms with Crippen LogP contribution in [-0.2, 0) is 0 Å². The van der Waals surface area contributed by atoms with Crippen molar-refractivity contribution in [3.8, 4) is 0 Å². The monoisotopic (exact) mass is 284 g/mol. The van der Waals surface area contributed by atoms with Gasteiger partial charge in [-0.05, 0) is 0 Å². The molecule has 104 valence electrons. The van der Waals surface area contributed by atoms with E-state index in [1.165, 1.54) is 12.1 Å². The van der Waals surface area contributed by atoms with Crippen LogP contribution in [0, 0.1) is 0 Å². The van der Waals surface area contributed by atoms with Crippen LogP contribution in [0.3, 0.4) is 0 Å². The summed E-state index contributed by atoms with van der Waals surface area (Å²) in [6.45, 7) is 1.11. The molecule has 6 nitrogen and oxygen atoms in total. The third-order valence-electron chi connectivity index (χ3n) is 3.29. The van der Waals surface area contributed by atoms with E-state index >= 15 is 0 Å². The number of fused-ring (bicyclic) bond motifs is 2. The highest BCUT2D eigenvalue weighted by atomic mass is 16.4. The topological polar surface area (TPSA) is 102 Å². The number of Topliss-reactive ketones (excluding diaryl/α,β-unsaturated/α-hetero) is 1. The van der Waals surface area contributed by atoms with Crippen LogP contribution >= 0.6 is 0 Å². The molecule has 1 aliphatic carbocycles. The first-order chi connectivity index (χ1) is 9.93. The minimum atomic E-state index is -1.48. The second kappa shape index (κ2) is 4.24. The van der Waals surface area contributed by atoms with E-state index in [1.54, 1.807) is 12.1 Å². The lowest BCUT2D eigenvalue weighted by molar-refractivity contribution is 0.0686. The van der Waals surface area contributed by atoms with E-state index in [9.17, 15) is 24.3 Å². The summed E-state index contributed by atoms with van der Waals surface area (Å²) >= 11 is 0. The van der Waals surface area contributed by atoms with Gasteiger partial charge in [-0.25, -0.2) is 4.79 Å². The van der Waals surface area contributed by atoms with Crippen LogP contribution in [0.2, 0.25) is 0 Å². The van der Waals surface area contributed by atoms with Crippen LogP contribution < -0.4 is 0 Å². The first kappa shape index (κ1) is 13.0. The Morgan fingerprint density at radius 3 is 2.14 bits per heavy atom. The van der Waals surface area contributed by atoms with E-state index in [-0.39, 0.29) is 22.5 Å². The highest BCUT2D eigenvalue weighted by Gasteiger charge is 2.40. The second-order valence-corrected chi connectivity index (χ2v) is 4.58. The minimum Gasteiger partial charge on any atom is -0.478 e. The molecule has 0 saturated carbocycles. The number of benzene rings is 1. The summed E-state index contributed by atoms with van der Waals surface area (Å²) in [4.78, 5) is 47.6. The quantitative estimate of drug-likeness (QED) is 0.722. The van der Waals surface area contributed by atoms with Gasteiger partial charge in [0.1, 0.15) is 5.56 Å². The molecule has 0 atom stereocenters. The van der Waals surface area contributed by atoms with E-state index in [0.717, 1.165) is 6.92 Å². The summed E-state index contributed by atoms with van der Waals surface area (Å²) < 4.78 is 5.10. The van der Waals surface area contributed by atoms with Crippen LogP contribution in [0.1, 0.15) is 59.9 Å². The third kappa shape index (κ3) is 1.66. The average molecular weight is 284 g/mol. The van der Waals surface area contributed by atoms with Crippen LogP contribution in [0.15, 0.2) is 28.7 Å². The van der Waals surface area contributed by atoms with Crippen LogP contribution in [0.25, 0.3) is 0 Å². The Labute approximate surface area is 118 Å². The molecular formula is C15H8O6. The van der Waals surface area contributed by atoms with Gasteiger partial charge in [0.05, 0.1) is 5.56 Å². The number of rotatable bonds is 2. The summed E-state index contributed by atoms with van der Waals surface area (Å²) in [6.07, 6.45) is 0. The molecule has 3 rings (SSSR count). The van der Waals surface area contributed by atoms with Crippen molar-refractivity contribution in [3.05, 3.63) is 58.0 Å². The second-order valence-electron chi connectivity index (χ2n) is 4.58. The van der Waals surface area contributed by atoms with Crippen molar-refractivity contribution in [2.75, 3.05) is 0 Å². The molecule has 1 aromatic carbocycles. The van der Waals surface area contributed by atoms with Crippen molar-refractivity contribution < 1.29 is 28.7 Å². The molecule has 0 unspecified atom stereocenters. The number of furan rings is 1. The predicted molar refractivity (Wildman–Crippen MR) is 69.0 cm³/mol. The van der Waals surface area contributed by atoms with Crippen LogP contribution in [0.4, 0.5) is 0 Å². The van der Waals surface area contributed by atoms with Gasteiger partial charge < -0.3 is 9.52 Å². The van der Waals surface area contributed by atoms with E-state index in [0.29, 0.717) is 0 Å². The van der Waals surface area contributed by atoms with Crippen molar-refractivity contribution >= 4 is 23.3 Å². The van der Waals surface area contributed by atoms with Gasteiger partial charge in [-0.3, -0.25) is 14.4 Å². The molecule has 2 aromatic rings. The standard InChI is InChI=1S/C15H8O6/c1-6(16)13-10(15(19)20)9-11(17)7-4-2-3-5-8(7)12(18)14(9)21-13/h2-5H,1H3,(H,19,20). The number of carbonyl (C=O) groups excluding carboxylic acids is 3. The van der Waals surface area contributed by atoms with Gasteiger partial charge in [-0.15, -0.1) is 0 Å². The molecule has 6 heteroatoms. The number of aromatic carboxylic acids is 1. The Hall–Kier alpha value is -3.02. The smallest absolute Gasteiger partial charge is 0.340 e. The Balaban J connectivity index is 2.38. The van der Waals surface area contributed by atoms with Gasteiger partial charge in [0.15, 0.2) is 23.1 Å². The molecule has 0 aliphatic heterocycles. The largest absolute Gasteiger partial charge is 0.478 e. The normalized spacial score (nSPS) is 12.8. The van der Waals surface area contributed by atoms with Crippen molar-refractivity contribution in [3.63, 3.8) is 0 Å². The fourth-order valence-electron chi connectivity index (χ4n) is 2.40. The SMILES string of the molecule is CC(=O)c1oc2c(c1C(=O)O)C(=O)c1ccccc1C2=O. The molecule has 1 aromatic heterocycles. The number of ketones is 3. The van der Waals surface area contributed by atoms with Gasteiger partial charge >= 0.3 is 5.97 Å². The number of hydrogen-bond donors (Lipinski definition) is 1. The molecule has 1 N–H and O–H groups in total. The lowest BCUT2D eigenvalue weighted by atomic mass is 9.86. The van der Waals surface area contributed by atoms with E-state index < -0.39 is 34.6 Å². The fraction of sp³-hybridized carbons (Fsp3) is 0.0667. The third-order valence-corrected chi connectivity index (χ3v) is 3.29. The zero-order chi connectivity index (χ0) is 15.3. The molecule has 21 heavy (non-hydrogen) atoms. The molecule has 0 spiro atoms. The molecule has 1 aliphatic rings. The Morgan fingerprint density at radius 2 is 1.62 bits per heavy atom. The van der Waals surface area contributed by atoms with Gasteiger partial charge in [0.2, 0.25) is 5.78 Å². The summed E-state index contributed by atoms with van der Waals surface area (Å²) in [6, 6.07) is 6.04. The molecule has 0 saturated heterocycles. The van der Waals surface area contributed by atoms with E-state index in [1.807, 2.05) is 0 Å². The maximum atomic E-state index is 12.4. The van der Waals surface area contributed by atoms with Crippen molar-refractivity contribution in [2.45, 2.75) is 6.92 Å². The Bertz CT molecular complexity index is 840. The summed E-state index contributed by atoms with van der Waals surface area (Å²) in [5.41, 5.74) is -0.661. The number of carboxylic acids is 1. The molecule has 0 bridgehead atoms. The van der Waals surface area contributed by atoms with Gasteiger partial charge in [-0.1, -0.05) is 24.3 Å². The Morgan fingerprint density at radius 1 is 1.05 bits per heavy atom. The van der Waals surface area contributed by atoms with Crippen molar-refractivity contribution in [1.29, 1.82) is 0 Å². The van der Waals surface area contributed by atoms with Crippen molar-refractivity contribution in [2.24, 2.45) is 0 Å². The highest BCUT2D eigenvalue weighted by Crippen LogP contribution is 2.33. The van der Waals surface area contributed by atoms with Gasteiger partial charge in [0.25, 0.3) is 0 Å². The van der Waals surface area contributed by atoms with E-state index in [2.05, 4.69) is 0 Å². The number of carboxylic acid groups (broad SMARTS) is 1. The minimum absolute atomic E-state index is 0.105. The fourth-order valence-corrected chi connectivity index (χ4v) is 2.40. The van der Waals surface area contributed by atoms with Crippen LogP contribution in [-0.4, -0.2) is 28.4 Å². The zero-order valence-electron chi connectivity index (χ0n) is 10.8. The van der Waals surface area contributed by atoms with E-state index in [4.69, 9.17) is 4.42 Å². The van der Waals surface area contributed by atoms with Crippen LogP contribution in [0.5, 0.6) is 0 Å². The molecular weight excluding hydrogens is 276 g/mol. The first-order valence-electron chi connectivity index (χ1n) is 6.03. The van der Waals surface area contributed by atoms with Crippen molar-refractivity contribution in [1.82, 2.24) is 0 Å². The summed E-state index contributed by atoms with van der Waals surface area (Å²) in [5, 5.41) is 9.24. The Kier molecular flexibility index (Phi) is 2.62. The zero-order valence-corrected chi connectivity index (χ0v) is 10.8. The molecule has 0 amide bonds. The summed E-state index contributed by atoms with van der Waals surface area (Å²) in [5.74, 6) is -4.25.